The highest BCUT2D eigenvalue weighted by Gasteiger charge is 2.17. The lowest BCUT2D eigenvalue weighted by Gasteiger charge is -2.17. The fraction of sp³-hybridized carbons (Fsp3) is 0.250. The average molecular weight is 298 g/mol. The lowest BCUT2D eigenvalue weighted by molar-refractivity contribution is 0.0150. The summed E-state index contributed by atoms with van der Waals surface area (Å²) in [5, 5.41) is 26.5. The Morgan fingerprint density at radius 2 is 1.64 bits per heavy atom. The highest BCUT2D eigenvalue weighted by Crippen LogP contribution is 2.22. The summed E-state index contributed by atoms with van der Waals surface area (Å²) >= 11 is 0. The third-order valence-corrected chi connectivity index (χ3v) is 3.27. The molecule has 0 amide bonds. The Balaban J connectivity index is 1.97. The van der Waals surface area contributed by atoms with E-state index in [1.54, 1.807) is 12.1 Å². The quantitative estimate of drug-likeness (QED) is 0.414. The maximum absolute atomic E-state index is 10.1. The zero-order chi connectivity index (χ0) is 15.8. The minimum atomic E-state index is -1.00. The molecule has 0 aliphatic heterocycles. The molecule has 6 nitrogen and oxygen atoms in total. The molecular weight excluding hydrogens is 280 g/mol. The first-order chi connectivity index (χ1) is 10.7. The molecule has 114 valence electrons. The van der Waals surface area contributed by atoms with Crippen molar-refractivity contribution in [1.29, 1.82) is 0 Å². The van der Waals surface area contributed by atoms with Crippen LogP contribution in [-0.4, -0.2) is 22.9 Å². The van der Waals surface area contributed by atoms with Crippen molar-refractivity contribution in [3.8, 4) is 0 Å². The second kappa shape index (κ2) is 8.05. The summed E-state index contributed by atoms with van der Waals surface area (Å²) in [6, 6.07) is 16.9. The molecule has 2 aromatic rings. The van der Waals surface area contributed by atoms with Crippen LogP contribution in [0.4, 0.5) is 11.4 Å². The molecule has 2 rings (SSSR count). The first-order valence-electron chi connectivity index (χ1n) is 6.99. The van der Waals surface area contributed by atoms with Crippen LogP contribution in [0.3, 0.4) is 0 Å². The largest absolute Gasteiger partial charge is 0.390 e. The molecule has 0 aliphatic rings. The molecule has 2 unspecified atom stereocenters. The average Bonchev–Trinajstić information content (AvgIpc) is 2.56. The van der Waals surface area contributed by atoms with E-state index >= 15 is 0 Å². The van der Waals surface area contributed by atoms with Crippen molar-refractivity contribution in [1.82, 2.24) is 0 Å². The number of nitrogens with zero attached hydrogens (tertiary/aromatic N) is 3. The lowest BCUT2D eigenvalue weighted by Crippen LogP contribution is -2.19. The van der Waals surface area contributed by atoms with Crippen molar-refractivity contribution in [3.05, 3.63) is 70.6 Å². The van der Waals surface area contributed by atoms with Crippen molar-refractivity contribution in [2.75, 3.05) is 11.9 Å². The standard InChI is InChI=1S/C16H18N4O2/c17-20-18-11-10-15(21)16(22)12-6-8-14(9-7-12)19-13-4-2-1-3-5-13/h1-9,15-16,19,21-22H,10-11H2. The van der Waals surface area contributed by atoms with Crippen LogP contribution < -0.4 is 5.32 Å². The Morgan fingerprint density at radius 3 is 2.27 bits per heavy atom. The smallest absolute Gasteiger partial charge is 0.105 e. The van der Waals surface area contributed by atoms with Gasteiger partial charge in [-0.15, -0.1) is 0 Å². The number of aliphatic hydroxyl groups is 2. The van der Waals surface area contributed by atoms with Crippen molar-refractivity contribution < 1.29 is 10.2 Å². The van der Waals surface area contributed by atoms with Gasteiger partial charge in [-0.2, -0.15) is 0 Å². The number of hydrogen-bond donors (Lipinski definition) is 3. The number of hydrogen-bond acceptors (Lipinski definition) is 4. The Morgan fingerprint density at radius 1 is 1.00 bits per heavy atom. The lowest BCUT2D eigenvalue weighted by atomic mass is 10.0. The Hall–Kier alpha value is -2.53. The number of nitrogens with one attached hydrogen (secondary N) is 1. The van der Waals surface area contributed by atoms with Gasteiger partial charge in [0.2, 0.25) is 0 Å². The molecule has 2 atom stereocenters. The summed E-state index contributed by atoms with van der Waals surface area (Å²) in [6.45, 7) is 0.155. The summed E-state index contributed by atoms with van der Waals surface area (Å²) in [6.07, 6.45) is -1.74. The number of anilines is 2. The molecule has 22 heavy (non-hydrogen) atoms. The normalized spacial score (nSPS) is 13.0. The molecule has 0 aliphatic carbocycles. The van der Waals surface area contributed by atoms with Crippen LogP contribution >= 0.6 is 0 Å². The Bertz CT molecular complexity index is 624. The minimum absolute atomic E-state index is 0.155. The molecular formula is C16H18N4O2. The van der Waals surface area contributed by atoms with E-state index in [0.717, 1.165) is 11.4 Å². The van der Waals surface area contributed by atoms with Crippen molar-refractivity contribution in [2.24, 2.45) is 5.11 Å². The molecule has 0 saturated heterocycles. The third kappa shape index (κ3) is 4.49. The molecule has 2 aromatic carbocycles. The number of aliphatic hydroxyl groups excluding tert-OH is 2. The molecule has 6 heteroatoms. The molecule has 0 radical (unpaired) electrons. The van der Waals surface area contributed by atoms with Gasteiger partial charge in [0.25, 0.3) is 0 Å². The van der Waals surface area contributed by atoms with Crippen LogP contribution in [0.1, 0.15) is 18.1 Å². The van der Waals surface area contributed by atoms with Gasteiger partial charge in [-0.1, -0.05) is 35.4 Å². The zero-order valence-corrected chi connectivity index (χ0v) is 12.0. The van der Waals surface area contributed by atoms with E-state index in [4.69, 9.17) is 5.53 Å². The monoisotopic (exact) mass is 298 g/mol. The summed E-state index contributed by atoms with van der Waals surface area (Å²) in [7, 11) is 0. The van der Waals surface area contributed by atoms with E-state index in [1.807, 2.05) is 42.5 Å². The predicted molar refractivity (Wildman–Crippen MR) is 85.8 cm³/mol. The number of rotatable bonds is 7. The third-order valence-electron chi connectivity index (χ3n) is 3.27. The van der Waals surface area contributed by atoms with Gasteiger partial charge in [-0.3, -0.25) is 0 Å². The van der Waals surface area contributed by atoms with Crippen LogP contribution in [0.15, 0.2) is 59.7 Å². The van der Waals surface area contributed by atoms with E-state index in [9.17, 15) is 10.2 Å². The SMILES string of the molecule is [N-]=[N+]=NCCC(O)C(O)c1ccc(Nc2ccccc2)cc1. The Kier molecular flexibility index (Phi) is 5.80. The number of azide groups is 1. The van der Waals surface area contributed by atoms with E-state index in [0.29, 0.717) is 5.56 Å². The summed E-state index contributed by atoms with van der Waals surface area (Å²) in [5.74, 6) is 0. The second-order valence-corrected chi connectivity index (χ2v) is 4.87. The summed E-state index contributed by atoms with van der Waals surface area (Å²) < 4.78 is 0. The van der Waals surface area contributed by atoms with Gasteiger partial charge in [-0.05, 0) is 41.8 Å². The summed E-state index contributed by atoms with van der Waals surface area (Å²) in [4.78, 5) is 2.62. The zero-order valence-electron chi connectivity index (χ0n) is 12.0. The van der Waals surface area contributed by atoms with Gasteiger partial charge in [-0.25, -0.2) is 0 Å². The van der Waals surface area contributed by atoms with Gasteiger partial charge < -0.3 is 15.5 Å². The fourth-order valence-corrected chi connectivity index (χ4v) is 2.07. The Labute approximate surface area is 128 Å². The highest BCUT2D eigenvalue weighted by molar-refractivity contribution is 5.59. The van der Waals surface area contributed by atoms with Gasteiger partial charge in [0, 0.05) is 22.8 Å². The van der Waals surface area contributed by atoms with Gasteiger partial charge >= 0.3 is 0 Å². The van der Waals surface area contributed by atoms with Crippen LogP contribution in [-0.2, 0) is 0 Å². The van der Waals surface area contributed by atoms with Gasteiger partial charge in [0.1, 0.15) is 6.10 Å². The van der Waals surface area contributed by atoms with Crippen molar-refractivity contribution in [3.63, 3.8) is 0 Å². The van der Waals surface area contributed by atoms with Gasteiger partial charge in [0.05, 0.1) is 6.10 Å². The second-order valence-electron chi connectivity index (χ2n) is 4.87. The highest BCUT2D eigenvalue weighted by atomic mass is 16.3. The minimum Gasteiger partial charge on any atom is -0.390 e. The fourth-order valence-electron chi connectivity index (χ4n) is 2.07. The maximum Gasteiger partial charge on any atom is 0.105 e. The number of para-hydroxylation sites is 1. The molecule has 0 heterocycles. The van der Waals surface area contributed by atoms with Gasteiger partial charge in [0.15, 0.2) is 0 Å². The van der Waals surface area contributed by atoms with Crippen molar-refractivity contribution in [2.45, 2.75) is 18.6 Å². The van der Waals surface area contributed by atoms with E-state index < -0.39 is 12.2 Å². The van der Waals surface area contributed by atoms with Crippen LogP contribution in [0.25, 0.3) is 10.4 Å². The maximum atomic E-state index is 10.1. The molecule has 3 N–H and O–H groups in total. The first kappa shape index (κ1) is 15.9. The predicted octanol–water partition coefficient (Wildman–Crippen LogP) is 3.52. The summed E-state index contributed by atoms with van der Waals surface area (Å²) in [5.41, 5.74) is 10.7. The van der Waals surface area contributed by atoms with Crippen LogP contribution in [0, 0.1) is 0 Å². The first-order valence-corrected chi connectivity index (χ1v) is 6.99. The van der Waals surface area contributed by atoms with Crippen LogP contribution in [0.5, 0.6) is 0 Å². The molecule has 0 aromatic heterocycles. The molecule has 0 saturated carbocycles. The molecule has 0 fully saturated rings. The molecule has 0 bridgehead atoms. The number of benzene rings is 2. The molecule has 0 spiro atoms. The topological polar surface area (TPSA) is 101 Å². The van der Waals surface area contributed by atoms with E-state index in [2.05, 4.69) is 15.3 Å². The van der Waals surface area contributed by atoms with Crippen LogP contribution in [0.2, 0.25) is 0 Å². The van der Waals surface area contributed by atoms with E-state index in [1.165, 1.54) is 0 Å². The van der Waals surface area contributed by atoms with Crippen molar-refractivity contribution >= 4 is 11.4 Å². The van der Waals surface area contributed by atoms with E-state index in [-0.39, 0.29) is 13.0 Å².